The van der Waals surface area contributed by atoms with E-state index in [4.69, 9.17) is 72.0 Å². The van der Waals surface area contributed by atoms with E-state index in [2.05, 4.69) is 0 Å². The minimum atomic E-state index is -2.25. The number of hydroxylamine groups is 2. The molecule has 10 rings (SSSR count). The number of rotatable bonds is 16. The van der Waals surface area contributed by atoms with Gasteiger partial charge >= 0.3 is 23.9 Å². The van der Waals surface area contributed by atoms with E-state index in [1.165, 1.54) is 32.9 Å². The lowest BCUT2D eigenvalue weighted by atomic mass is 9.49. The largest absolute Gasteiger partial charge is 0.600 e. The van der Waals surface area contributed by atoms with Crippen molar-refractivity contribution in [2.45, 2.75) is 274 Å². The van der Waals surface area contributed by atoms with Crippen LogP contribution in [0.15, 0.2) is 58.4 Å². The van der Waals surface area contributed by atoms with Gasteiger partial charge in [0.05, 0.1) is 74.4 Å². The number of carbonyl (C=O) groups is 6. The van der Waals surface area contributed by atoms with Gasteiger partial charge in [-0.3, -0.25) is 19.2 Å². The lowest BCUT2D eigenvalue weighted by Crippen LogP contribution is -3.17. The number of esters is 4. The molecule has 10 aliphatic rings. The molecule has 28 nitrogen and oxygen atoms in total. The average molecular weight is 1360 g/mol. The maximum Gasteiger partial charge on any atom is 0.346 e. The van der Waals surface area contributed by atoms with Crippen molar-refractivity contribution in [1.29, 1.82) is 0 Å². The number of methoxy groups -OCH3 is 1. The molecule has 96 heavy (non-hydrogen) atoms. The number of allylic oxidation sites excluding steroid dienone is 3. The Labute approximate surface area is 558 Å². The minimum Gasteiger partial charge on any atom is -0.600 e. The summed E-state index contributed by atoms with van der Waals surface area (Å²) in [5.74, 6) is -8.74. The van der Waals surface area contributed by atoms with Crippen LogP contribution in [0.25, 0.3) is 0 Å². The van der Waals surface area contributed by atoms with Crippen LogP contribution in [-0.2, 0) is 95.1 Å². The monoisotopic (exact) mass is 1360 g/mol. The van der Waals surface area contributed by atoms with E-state index >= 15 is 4.79 Å². The lowest BCUT2D eigenvalue weighted by Gasteiger charge is -2.57. The van der Waals surface area contributed by atoms with Gasteiger partial charge in [-0.2, -0.15) is 0 Å². The number of hydrogen-bond acceptors (Lipinski definition) is 27. The van der Waals surface area contributed by atoms with Gasteiger partial charge in [-0.15, -0.1) is 0 Å². The van der Waals surface area contributed by atoms with Gasteiger partial charge in [0.25, 0.3) is 0 Å². The number of aliphatic hydroxyl groups is 4. The van der Waals surface area contributed by atoms with E-state index in [1.54, 1.807) is 27.7 Å². The zero-order valence-electron chi connectivity index (χ0n) is 56.6. The molecule has 1 unspecified atom stereocenters. The summed E-state index contributed by atoms with van der Waals surface area (Å²) >= 11 is 0. The number of nitrogens with two attached hydrogens (primary N) is 1. The molecule has 1 saturated carbocycles. The molecule has 6 aliphatic heterocycles. The molecule has 536 valence electrons. The van der Waals surface area contributed by atoms with Gasteiger partial charge in [0.1, 0.15) is 54.1 Å². The van der Waals surface area contributed by atoms with Crippen LogP contribution in [0.2, 0.25) is 0 Å². The third kappa shape index (κ3) is 14.7. The Balaban J connectivity index is 0.935. The standard InChI is InChI=1S/C68H98N2O26/c1-30-13-17-46(89-54-27-66(10,70(81)82)61(69)60(95-54)65(80)83-12)31(2)22-42-44(75)23-39(28-71)26-68(42)63(78)55(64(79)96-68)62(77)67(11)41(30)15-14-40-56(67)32(3)21-33(4)57(40)94-53-25-48(59(88-38(9)73)49(92-53)29-84-37(8)72)91-50-20-18-47(35(6)86-50)90-52-24-45(76)58(36(7)87-52)93-51-19-16-43(74)34(5)85-51/h13-15,22-23,28,32-36,40-54,56-61,70,74-77,81H,16-21,24-27,29,69H2,1-12H3/b30-13+,31-22+,62-55?/t32-,33-,34-,35-,36-,40-,41-,42+,43+,44-,45+,46-,47+,48+,49-,50-,51-,52+,53-,54+,56+,57-,58-,59+,60-,61-,66-,67+,68-/m0/s1. The van der Waals surface area contributed by atoms with E-state index in [9.17, 15) is 54.8 Å². The maximum atomic E-state index is 15.6. The van der Waals surface area contributed by atoms with Gasteiger partial charge in [0, 0.05) is 63.2 Å². The van der Waals surface area contributed by atoms with Crippen LogP contribution in [-0.4, -0.2) is 209 Å². The summed E-state index contributed by atoms with van der Waals surface area (Å²) in [6.45, 7) is 18.2. The molecule has 6 saturated heterocycles. The summed E-state index contributed by atoms with van der Waals surface area (Å²) in [6.07, 6.45) is -6.65. The molecule has 0 amide bonds. The van der Waals surface area contributed by atoms with Gasteiger partial charge in [-0.1, -0.05) is 50.6 Å². The van der Waals surface area contributed by atoms with Crippen molar-refractivity contribution in [2.75, 3.05) is 13.7 Å². The summed E-state index contributed by atoms with van der Waals surface area (Å²) in [5.41, 5.74) is 1.22. The smallest absolute Gasteiger partial charge is 0.346 e. The highest BCUT2D eigenvalue weighted by Crippen LogP contribution is 2.61. The first-order valence-corrected chi connectivity index (χ1v) is 33.7. The van der Waals surface area contributed by atoms with E-state index < -0.39 is 216 Å². The molecule has 28 heteroatoms. The highest BCUT2D eigenvalue weighted by atomic mass is 16.8. The van der Waals surface area contributed by atoms with Gasteiger partial charge in [-0.25, -0.2) is 20.0 Å². The molecule has 30 atom stereocenters. The van der Waals surface area contributed by atoms with Crippen molar-refractivity contribution in [1.82, 2.24) is 0 Å². The SMILES string of the molecule is COC(=O)[C@H]1O[C@@H](O[C@H]2C/C=C(\C)[C@@H]3C=C[C@@H]4[C@@H](O[C@H]5C[C@@H](O[C@H]6CC[C@@H](O[C@@H]7C[C@@H](O)[C@@H](O[C@H]8CC[C@@H](O)[C@H](C)O8)[C@H](C)O7)[C@H](C)O6)[C@@H](OC(C)=O)[C@H](COC(C)=O)O5)[C@@H](C)C[C@H](C)[C@H]4[C@]3(C)C(O)=C3C(=O)O[C@]4(CC(C=O)=C[C@H](O)[C@H]4/C=C/2C)C3=O)C[C@](C)([NH+]([O-])O)[C@H]1N. The normalized spacial score (nSPS) is 46.6. The summed E-state index contributed by atoms with van der Waals surface area (Å²) in [4.78, 5) is 81.5. The van der Waals surface area contributed by atoms with Gasteiger partial charge < -0.3 is 97.7 Å². The number of aldehydes is 1. The minimum absolute atomic E-state index is 0.0269. The predicted octanol–water partition coefficient (Wildman–Crippen LogP) is 3.15. The van der Waals surface area contributed by atoms with Crippen molar-refractivity contribution < 1.29 is 126 Å². The first-order valence-electron chi connectivity index (χ1n) is 33.7. The fraction of sp³-hybridized carbons (Fsp3) is 0.765. The molecule has 6 heterocycles. The van der Waals surface area contributed by atoms with Gasteiger partial charge in [0.15, 0.2) is 49.3 Å². The van der Waals surface area contributed by atoms with E-state index in [0.29, 0.717) is 49.5 Å². The molecular weight excluding hydrogens is 1260 g/mol. The Morgan fingerprint density at radius 1 is 0.750 bits per heavy atom. The molecule has 8 N–H and O–H groups in total. The van der Waals surface area contributed by atoms with Crippen LogP contribution < -0.4 is 11.0 Å². The summed E-state index contributed by atoms with van der Waals surface area (Å²) in [5, 5.41) is 68.8. The predicted molar refractivity (Wildman–Crippen MR) is 330 cm³/mol. The fourth-order valence-electron chi connectivity index (χ4n) is 16.8. The number of aliphatic hydroxyl groups excluding tert-OH is 4. The van der Waals surface area contributed by atoms with Crippen molar-refractivity contribution in [3.05, 3.63) is 63.6 Å². The highest BCUT2D eigenvalue weighted by molar-refractivity contribution is 6.26. The molecule has 0 radical (unpaired) electrons. The van der Waals surface area contributed by atoms with Crippen LogP contribution in [0.3, 0.4) is 0 Å². The molecule has 0 aromatic heterocycles. The van der Waals surface area contributed by atoms with Crippen LogP contribution in [0.5, 0.6) is 0 Å². The Morgan fingerprint density at radius 2 is 1.42 bits per heavy atom. The van der Waals surface area contributed by atoms with Crippen LogP contribution >= 0.6 is 0 Å². The molecule has 0 aromatic carbocycles. The van der Waals surface area contributed by atoms with E-state index in [0.717, 1.165) is 7.11 Å². The summed E-state index contributed by atoms with van der Waals surface area (Å²) in [7, 11) is 1.11. The van der Waals surface area contributed by atoms with Crippen LogP contribution in [0.4, 0.5) is 0 Å². The number of hydrogen-bond donors (Lipinski definition) is 7. The van der Waals surface area contributed by atoms with Crippen molar-refractivity contribution >= 4 is 35.9 Å². The summed E-state index contributed by atoms with van der Waals surface area (Å²) < 4.78 is 87.1. The molecular formula is C68H98N2O26. The first-order chi connectivity index (χ1) is 45.3. The number of nitrogens with one attached hydrogen (secondary N) is 1. The van der Waals surface area contributed by atoms with E-state index in [1.807, 2.05) is 45.9 Å². The third-order valence-electron chi connectivity index (χ3n) is 21.9. The second-order valence-corrected chi connectivity index (χ2v) is 28.6. The molecule has 0 aromatic rings. The number of fused-ring (bicyclic) bond motifs is 4. The van der Waals surface area contributed by atoms with Crippen molar-refractivity contribution in [2.24, 2.45) is 46.7 Å². The Hall–Kier alpha value is -4.96. The third-order valence-corrected chi connectivity index (χ3v) is 21.9. The highest BCUT2D eigenvalue weighted by Gasteiger charge is 2.65. The van der Waals surface area contributed by atoms with E-state index in [-0.39, 0.29) is 49.7 Å². The van der Waals surface area contributed by atoms with Crippen LogP contribution in [0, 0.1) is 46.1 Å². The second kappa shape index (κ2) is 29.7. The molecule has 1 spiro atoms. The van der Waals surface area contributed by atoms with Gasteiger partial charge in [-0.05, 0) is 102 Å². The van der Waals surface area contributed by atoms with Crippen molar-refractivity contribution in [3.63, 3.8) is 0 Å². The van der Waals surface area contributed by atoms with Gasteiger partial charge in [0.2, 0.25) is 5.78 Å². The number of ketones is 1. The zero-order valence-corrected chi connectivity index (χ0v) is 56.6. The Bertz CT molecular complexity index is 3030. The number of quaternary nitrogens is 1. The lowest BCUT2D eigenvalue weighted by molar-refractivity contribution is -1.09. The number of Topliss-reactive ketones (excluding diaryl/α,β-unsaturated/α-hetero) is 1. The van der Waals surface area contributed by atoms with Crippen molar-refractivity contribution in [3.8, 4) is 0 Å². The maximum absolute atomic E-state index is 15.6. The molecule has 2 bridgehead atoms. The average Bonchev–Trinajstić information content (AvgIpc) is 1.14. The molecule has 4 aliphatic carbocycles. The first kappa shape index (κ1) is 73.7. The number of carbonyl (C=O) groups excluding carboxylic acids is 6. The Kier molecular flexibility index (Phi) is 22.8. The quantitative estimate of drug-likeness (QED) is 0.0291. The summed E-state index contributed by atoms with van der Waals surface area (Å²) in [6, 6.07) is -1.34. The van der Waals surface area contributed by atoms with Crippen LogP contribution in [0.1, 0.15) is 140 Å². The second-order valence-electron chi connectivity index (χ2n) is 28.6. The Morgan fingerprint density at radius 3 is 2.07 bits per heavy atom. The topological polar surface area (TPSA) is 386 Å². The molecule has 7 fully saturated rings. The fourth-order valence-corrected chi connectivity index (χ4v) is 16.8. The number of ether oxygens (including phenoxy) is 14. The zero-order chi connectivity index (χ0) is 69.8.